The Morgan fingerprint density at radius 3 is 2.27 bits per heavy atom. The molecule has 0 spiro atoms. The lowest BCUT2D eigenvalue weighted by atomic mass is 10.1. The van der Waals surface area contributed by atoms with Gasteiger partial charge in [0.05, 0.1) is 16.2 Å². The molecule has 1 N–H and O–H groups in total. The molecule has 1 aliphatic heterocycles. The van der Waals surface area contributed by atoms with Crippen molar-refractivity contribution in [1.82, 2.24) is 0 Å². The molecule has 2 aromatic carbocycles. The van der Waals surface area contributed by atoms with E-state index in [0.717, 1.165) is 11.3 Å². The lowest BCUT2D eigenvalue weighted by Gasteiger charge is -2.14. The van der Waals surface area contributed by atoms with Crippen LogP contribution in [0.2, 0.25) is 0 Å². The summed E-state index contributed by atoms with van der Waals surface area (Å²) < 4.78 is 0.425. The van der Waals surface area contributed by atoms with Gasteiger partial charge in [0, 0.05) is 19.8 Å². The number of nitrogens with zero attached hydrogens (tertiary/aromatic N) is 2. The van der Waals surface area contributed by atoms with E-state index in [1.807, 2.05) is 49.3 Å². The Hall–Kier alpha value is -2.64. The number of aromatic carboxylic acids is 1. The number of hydrogen-bond donors (Lipinski definition) is 1. The van der Waals surface area contributed by atoms with Gasteiger partial charge in [-0.15, -0.1) is 0 Å². The summed E-state index contributed by atoms with van der Waals surface area (Å²) >= 11 is 6.57. The Morgan fingerprint density at radius 2 is 1.73 bits per heavy atom. The maximum Gasteiger partial charge on any atom is 0.335 e. The molecule has 1 aliphatic rings. The smallest absolute Gasteiger partial charge is 0.335 e. The molecule has 1 saturated heterocycles. The van der Waals surface area contributed by atoms with Crippen LogP contribution in [-0.4, -0.2) is 35.4 Å². The van der Waals surface area contributed by atoms with Crippen molar-refractivity contribution in [1.29, 1.82) is 0 Å². The molecule has 3 rings (SSSR count). The van der Waals surface area contributed by atoms with Crippen molar-refractivity contribution >= 4 is 57.6 Å². The van der Waals surface area contributed by atoms with Gasteiger partial charge >= 0.3 is 5.97 Å². The molecule has 0 bridgehead atoms. The Kier molecular flexibility index (Phi) is 5.11. The quantitative estimate of drug-likeness (QED) is 0.638. The first kappa shape index (κ1) is 18.2. The highest BCUT2D eigenvalue weighted by molar-refractivity contribution is 8.27. The van der Waals surface area contributed by atoms with Crippen molar-refractivity contribution in [2.75, 3.05) is 23.9 Å². The average Bonchev–Trinajstić information content (AvgIpc) is 2.89. The van der Waals surface area contributed by atoms with Gasteiger partial charge in [0.15, 0.2) is 4.32 Å². The summed E-state index contributed by atoms with van der Waals surface area (Å²) in [5, 5.41) is 8.98. The summed E-state index contributed by atoms with van der Waals surface area (Å²) in [6, 6.07) is 14.0. The first-order valence-corrected chi connectivity index (χ1v) is 8.98. The molecule has 1 heterocycles. The minimum Gasteiger partial charge on any atom is -0.478 e. The Morgan fingerprint density at radius 1 is 1.12 bits per heavy atom. The molecule has 2 aromatic rings. The van der Waals surface area contributed by atoms with Crippen molar-refractivity contribution < 1.29 is 14.7 Å². The molecule has 5 nitrogen and oxygen atoms in total. The summed E-state index contributed by atoms with van der Waals surface area (Å²) in [5.74, 6) is -1.22. The van der Waals surface area contributed by atoms with E-state index in [9.17, 15) is 9.59 Å². The molecule has 1 fully saturated rings. The van der Waals surface area contributed by atoms with Gasteiger partial charge in [-0.25, -0.2) is 4.79 Å². The van der Waals surface area contributed by atoms with Crippen LogP contribution in [0, 0.1) is 0 Å². The molecule has 0 aromatic heterocycles. The fraction of sp³-hybridized carbons (Fsp3) is 0.105. The number of anilines is 2. The van der Waals surface area contributed by atoms with E-state index in [4.69, 9.17) is 17.3 Å². The van der Waals surface area contributed by atoms with Crippen LogP contribution in [0.1, 0.15) is 15.9 Å². The lowest BCUT2D eigenvalue weighted by molar-refractivity contribution is -0.113. The van der Waals surface area contributed by atoms with Crippen LogP contribution in [-0.2, 0) is 4.79 Å². The minimum absolute atomic E-state index is 0.163. The molecule has 132 valence electrons. The standard InChI is InChI=1S/C19H16N2O3S2/c1-20(2)14-7-3-12(4-8-14)11-16-17(22)21(19(25)26-16)15-9-5-13(6-10-15)18(23)24/h3-11H,1-2H3,(H,23,24). The monoisotopic (exact) mass is 384 g/mol. The molecular formula is C19H16N2O3S2. The number of carboxylic acids is 1. The zero-order chi connectivity index (χ0) is 18.8. The van der Waals surface area contributed by atoms with Gasteiger partial charge in [0.2, 0.25) is 0 Å². The van der Waals surface area contributed by atoms with Gasteiger partial charge in [-0.05, 0) is 48.0 Å². The summed E-state index contributed by atoms with van der Waals surface area (Å²) in [4.78, 5) is 27.7. The van der Waals surface area contributed by atoms with Crippen LogP contribution in [0.3, 0.4) is 0 Å². The number of thiocarbonyl (C=S) groups is 1. The van der Waals surface area contributed by atoms with Crippen molar-refractivity contribution in [3.05, 3.63) is 64.6 Å². The summed E-state index contributed by atoms with van der Waals surface area (Å²) in [6.45, 7) is 0. The van der Waals surface area contributed by atoms with E-state index in [-0.39, 0.29) is 11.5 Å². The van der Waals surface area contributed by atoms with Crippen molar-refractivity contribution in [2.24, 2.45) is 0 Å². The molecule has 0 unspecified atom stereocenters. The average molecular weight is 384 g/mol. The van der Waals surface area contributed by atoms with Gasteiger partial charge in [-0.2, -0.15) is 0 Å². The fourth-order valence-electron chi connectivity index (χ4n) is 2.46. The second-order valence-electron chi connectivity index (χ2n) is 5.86. The number of thioether (sulfide) groups is 1. The second-order valence-corrected chi connectivity index (χ2v) is 7.53. The van der Waals surface area contributed by atoms with E-state index in [1.165, 1.54) is 28.8 Å². The van der Waals surface area contributed by atoms with Crippen LogP contribution in [0.15, 0.2) is 53.4 Å². The number of carbonyl (C=O) groups excluding carboxylic acids is 1. The van der Waals surface area contributed by atoms with Gasteiger partial charge in [-0.3, -0.25) is 9.69 Å². The highest BCUT2D eigenvalue weighted by Crippen LogP contribution is 2.36. The van der Waals surface area contributed by atoms with Gasteiger partial charge in [-0.1, -0.05) is 36.1 Å². The maximum absolute atomic E-state index is 12.7. The molecule has 0 atom stereocenters. The van der Waals surface area contributed by atoms with E-state index in [0.29, 0.717) is 14.9 Å². The zero-order valence-corrected chi connectivity index (χ0v) is 15.8. The van der Waals surface area contributed by atoms with E-state index in [1.54, 1.807) is 12.1 Å². The first-order valence-electron chi connectivity index (χ1n) is 7.75. The van der Waals surface area contributed by atoms with E-state index < -0.39 is 5.97 Å². The lowest BCUT2D eigenvalue weighted by Crippen LogP contribution is -2.27. The second kappa shape index (κ2) is 7.31. The third kappa shape index (κ3) is 3.63. The van der Waals surface area contributed by atoms with Gasteiger partial charge in [0.1, 0.15) is 0 Å². The maximum atomic E-state index is 12.7. The summed E-state index contributed by atoms with van der Waals surface area (Å²) in [6.07, 6.45) is 1.81. The van der Waals surface area contributed by atoms with E-state index in [2.05, 4.69) is 0 Å². The van der Waals surface area contributed by atoms with Gasteiger partial charge in [0.25, 0.3) is 5.91 Å². The topological polar surface area (TPSA) is 60.9 Å². The normalized spacial score (nSPS) is 15.6. The number of rotatable bonds is 4. The van der Waals surface area contributed by atoms with Crippen molar-refractivity contribution in [3.63, 3.8) is 0 Å². The fourth-order valence-corrected chi connectivity index (χ4v) is 3.76. The largest absolute Gasteiger partial charge is 0.478 e. The van der Waals surface area contributed by atoms with Gasteiger partial charge < -0.3 is 10.0 Å². The van der Waals surface area contributed by atoms with E-state index >= 15 is 0 Å². The predicted molar refractivity (Wildman–Crippen MR) is 110 cm³/mol. The Bertz CT molecular complexity index is 903. The molecule has 26 heavy (non-hydrogen) atoms. The Balaban J connectivity index is 1.85. The molecule has 1 amide bonds. The first-order chi connectivity index (χ1) is 12.4. The molecule has 0 saturated carbocycles. The molecule has 0 aliphatic carbocycles. The third-order valence-electron chi connectivity index (χ3n) is 3.87. The number of carbonyl (C=O) groups is 2. The third-order valence-corrected chi connectivity index (χ3v) is 5.18. The number of benzene rings is 2. The van der Waals surface area contributed by atoms with Crippen molar-refractivity contribution in [2.45, 2.75) is 0 Å². The number of carboxylic acid groups (broad SMARTS) is 1. The highest BCUT2D eigenvalue weighted by Gasteiger charge is 2.33. The summed E-state index contributed by atoms with van der Waals surface area (Å²) in [5.41, 5.74) is 2.71. The van der Waals surface area contributed by atoms with Crippen LogP contribution in [0.4, 0.5) is 11.4 Å². The van der Waals surface area contributed by atoms with Crippen LogP contribution < -0.4 is 9.80 Å². The highest BCUT2D eigenvalue weighted by atomic mass is 32.2. The predicted octanol–water partition coefficient (Wildman–Crippen LogP) is 3.86. The van der Waals surface area contributed by atoms with Crippen LogP contribution in [0.5, 0.6) is 0 Å². The number of amides is 1. The number of hydrogen-bond acceptors (Lipinski definition) is 5. The summed E-state index contributed by atoms with van der Waals surface area (Å²) in [7, 11) is 3.94. The van der Waals surface area contributed by atoms with Crippen molar-refractivity contribution in [3.8, 4) is 0 Å². The SMILES string of the molecule is CN(C)c1ccc(C=C2SC(=S)N(c3ccc(C(=O)O)cc3)C2=O)cc1. The Labute approximate surface area is 160 Å². The zero-order valence-electron chi connectivity index (χ0n) is 14.2. The molecular weight excluding hydrogens is 368 g/mol. The minimum atomic E-state index is -1.01. The molecule has 7 heteroatoms. The van der Waals surface area contributed by atoms with Crippen LogP contribution >= 0.6 is 24.0 Å². The van der Waals surface area contributed by atoms with Crippen LogP contribution in [0.25, 0.3) is 6.08 Å². The molecule has 0 radical (unpaired) electrons.